The van der Waals surface area contributed by atoms with Gasteiger partial charge in [-0.2, -0.15) is 0 Å². The molecular weight excluding hydrogens is 88.1 g/mol. The number of hydrogen-bond donors (Lipinski definition) is 1. The Morgan fingerprint density at radius 1 is 1.71 bits per heavy atom. The second-order valence-electron chi connectivity index (χ2n) is 2.11. The number of aliphatic hydroxyl groups is 1. The van der Waals surface area contributed by atoms with Crippen molar-refractivity contribution in [2.75, 3.05) is 6.61 Å². The van der Waals surface area contributed by atoms with Crippen LogP contribution in [0.1, 0.15) is 19.3 Å². The lowest BCUT2D eigenvalue weighted by atomic mass is 10.1. The Balaban J connectivity index is 2.14. The van der Waals surface area contributed by atoms with E-state index in [-0.39, 0.29) is 0 Å². The van der Waals surface area contributed by atoms with Crippen molar-refractivity contribution >= 4 is 0 Å². The molecule has 0 aromatic carbocycles. The van der Waals surface area contributed by atoms with E-state index in [1.54, 1.807) is 0 Å². The standard InChI is InChI=1S/C6H11O/c7-5-6-3-1-2-4-6/h3,6-7H,1-2,4-5H2. The van der Waals surface area contributed by atoms with E-state index < -0.39 is 0 Å². The lowest BCUT2D eigenvalue weighted by molar-refractivity contribution is 0.247. The number of aliphatic hydroxyl groups excluding tert-OH is 1. The Morgan fingerprint density at radius 3 is 2.86 bits per heavy atom. The van der Waals surface area contributed by atoms with Crippen LogP contribution in [0.5, 0.6) is 0 Å². The van der Waals surface area contributed by atoms with Crippen molar-refractivity contribution in [1.82, 2.24) is 0 Å². The van der Waals surface area contributed by atoms with Gasteiger partial charge >= 0.3 is 0 Å². The van der Waals surface area contributed by atoms with E-state index in [1.807, 2.05) is 0 Å². The maximum atomic E-state index is 8.53. The largest absolute Gasteiger partial charge is 0.396 e. The van der Waals surface area contributed by atoms with Crippen LogP contribution in [0.4, 0.5) is 0 Å². The molecule has 0 heterocycles. The first-order chi connectivity index (χ1) is 3.43. The van der Waals surface area contributed by atoms with Crippen LogP contribution in [0.25, 0.3) is 0 Å². The molecule has 0 spiro atoms. The molecule has 0 amide bonds. The van der Waals surface area contributed by atoms with Gasteiger partial charge in [0, 0.05) is 6.61 Å². The molecule has 41 valence electrons. The predicted octanol–water partition coefficient (Wildman–Crippen LogP) is 0.983. The van der Waals surface area contributed by atoms with Crippen LogP contribution in [0.2, 0.25) is 0 Å². The zero-order chi connectivity index (χ0) is 5.11. The number of hydrogen-bond acceptors (Lipinski definition) is 1. The van der Waals surface area contributed by atoms with Crippen molar-refractivity contribution in [2.45, 2.75) is 19.3 Å². The van der Waals surface area contributed by atoms with Crippen LogP contribution in [0.3, 0.4) is 0 Å². The average molecular weight is 99.2 g/mol. The van der Waals surface area contributed by atoms with Crippen LogP contribution < -0.4 is 0 Å². The van der Waals surface area contributed by atoms with E-state index in [2.05, 4.69) is 6.42 Å². The minimum Gasteiger partial charge on any atom is -0.396 e. The Labute approximate surface area is 44.4 Å². The fraction of sp³-hybridized carbons (Fsp3) is 0.833. The van der Waals surface area contributed by atoms with Crippen LogP contribution in [-0.2, 0) is 0 Å². The molecule has 1 nitrogen and oxygen atoms in total. The summed E-state index contributed by atoms with van der Waals surface area (Å²) in [5.74, 6) is 0.528. The Hall–Kier alpha value is -0.0400. The molecule has 1 unspecified atom stereocenters. The fourth-order valence-electron chi connectivity index (χ4n) is 1.02. The van der Waals surface area contributed by atoms with Gasteiger partial charge in [0.05, 0.1) is 0 Å². The monoisotopic (exact) mass is 99.1 g/mol. The lowest BCUT2D eigenvalue weighted by Crippen LogP contribution is -1.98. The molecule has 7 heavy (non-hydrogen) atoms. The maximum absolute atomic E-state index is 8.53. The first kappa shape index (κ1) is 5.10. The average Bonchev–Trinajstić information content (AvgIpc) is 2.14. The molecule has 1 saturated carbocycles. The van der Waals surface area contributed by atoms with Gasteiger partial charge in [-0.15, -0.1) is 0 Å². The van der Waals surface area contributed by atoms with Crippen molar-refractivity contribution < 1.29 is 5.11 Å². The highest BCUT2D eigenvalue weighted by atomic mass is 16.3. The van der Waals surface area contributed by atoms with Crippen LogP contribution in [0, 0.1) is 12.3 Å². The van der Waals surface area contributed by atoms with Gasteiger partial charge in [-0.05, 0) is 25.2 Å². The smallest absolute Gasteiger partial charge is 0.0462 e. The maximum Gasteiger partial charge on any atom is 0.0462 e. The summed E-state index contributed by atoms with van der Waals surface area (Å²) in [5, 5.41) is 8.53. The summed E-state index contributed by atoms with van der Waals surface area (Å²) < 4.78 is 0. The van der Waals surface area contributed by atoms with E-state index in [4.69, 9.17) is 5.11 Å². The topological polar surface area (TPSA) is 20.2 Å². The first-order valence-corrected chi connectivity index (χ1v) is 2.87. The van der Waals surface area contributed by atoms with Gasteiger partial charge in [-0.3, -0.25) is 0 Å². The van der Waals surface area contributed by atoms with Crippen molar-refractivity contribution in [1.29, 1.82) is 0 Å². The zero-order valence-corrected chi connectivity index (χ0v) is 4.43. The third kappa shape index (κ3) is 1.16. The van der Waals surface area contributed by atoms with Gasteiger partial charge in [-0.1, -0.05) is 6.42 Å². The number of rotatable bonds is 1. The minimum atomic E-state index is 0.361. The molecule has 0 saturated heterocycles. The van der Waals surface area contributed by atoms with E-state index in [1.165, 1.54) is 19.3 Å². The summed E-state index contributed by atoms with van der Waals surface area (Å²) in [6, 6.07) is 0. The molecule has 0 bridgehead atoms. The molecule has 1 fully saturated rings. The van der Waals surface area contributed by atoms with E-state index in [9.17, 15) is 0 Å². The fourth-order valence-corrected chi connectivity index (χ4v) is 1.02. The van der Waals surface area contributed by atoms with E-state index >= 15 is 0 Å². The molecule has 1 aliphatic carbocycles. The molecule has 1 atom stereocenters. The molecule has 0 aromatic heterocycles. The van der Waals surface area contributed by atoms with Crippen molar-refractivity contribution in [3.63, 3.8) is 0 Å². The molecule has 0 aromatic rings. The SMILES string of the molecule is OCC1[CH]CCC1. The van der Waals surface area contributed by atoms with Gasteiger partial charge < -0.3 is 5.11 Å². The summed E-state index contributed by atoms with van der Waals surface area (Å²) in [5.41, 5.74) is 0. The van der Waals surface area contributed by atoms with Crippen molar-refractivity contribution in [2.24, 2.45) is 5.92 Å². The molecule has 1 radical (unpaired) electrons. The highest BCUT2D eigenvalue weighted by Gasteiger charge is 2.12. The second-order valence-corrected chi connectivity index (χ2v) is 2.11. The first-order valence-electron chi connectivity index (χ1n) is 2.87. The quantitative estimate of drug-likeness (QED) is 0.519. The van der Waals surface area contributed by atoms with E-state index in [0.29, 0.717) is 12.5 Å². The Morgan fingerprint density at radius 2 is 2.57 bits per heavy atom. The molecule has 1 aliphatic rings. The zero-order valence-electron chi connectivity index (χ0n) is 4.43. The highest BCUT2D eigenvalue weighted by molar-refractivity contribution is 4.82. The van der Waals surface area contributed by atoms with Crippen LogP contribution >= 0.6 is 0 Å². The van der Waals surface area contributed by atoms with Crippen molar-refractivity contribution in [3.05, 3.63) is 6.42 Å². The molecule has 1 rings (SSSR count). The second kappa shape index (κ2) is 2.31. The summed E-state index contributed by atoms with van der Waals surface area (Å²) in [6.07, 6.45) is 5.91. The van der Waals surface area contributed by atoms with Gasteiger partial charge in [-0.25, -0.2) is 0 Å². The summed E-state index contributed by atoms with van der Waals surface area (Å²) in [6.45, 7) is 0.361. The third-order valence-corrected chi connectivity index (χ3v) is 1.51. The normalized spacial score (nSPS) is 23.6. The van der Waals surface area contributed by atoms with Gasteiger partial charge in [0.2, 0.25) is 0 Å². The summed E-state index contributed by atoms with van der Waals surface area (Å²) in [4.78, 5) is 0. The predicted molar refractivity (Wildman–Crippen MR) is 28.7 cm³/mol. The van der Waals surface area contributed by atoms with Crippen LogP contribution in [-0.4, -0.2) is 11.7 Å². The highest BCUT2D eigenvalue weighted by Crippen LogP contribution is 2.22. The summed E-state index contributed by atoms with van der Waals surface area (Å²) in [7, 11) is 0. The molecular formula is C6H11O. The van der Waals surface area contributed by atoms with Gasteiger partial charge in [0.1, 0.15) is 0 Å². The lowest BCUT2D eigenvalue weighted by Gasteiger charge is -1.98. The van der Waals surface area contributed by atoms with Gasteiger partial charge in [0.25, 0.3) is 0 Å². The van der Waals surface area contributed by atoms with E-state index in [0.717, 1.165) is 0 Å². The molecule has 1 N–H and O–H groups in total. The Bertz CT molecular complexity index is 46.1. The minimum absolute atomic E-state index is 0.361. The molecule has 0 aliphatic heterocycles. The Kier molecular flexibility index (Phi) is 1.69. The summed E-state index contributed by atoms with van der Waals surface area (Å²) >= 11 is 0. The molecule has 1 heteroatoms. The van der Waals surface area contributed by atoms with Gasteiger partial charge in [0.15, 0.2) is 0 Å². The van der Waals surface area contributed by atoms with Crippen LogP contribution in [0.15, 0.2) is 0 Å². The third-order valence-electron chi connectivity index (χ3n) is 1.51. The van der Waals surface area contributed by atoms with Crippen molar-refractivity contribution in [3.8, 4) is 0 Å².